The molecule has 0 radical (unpaired) electrons. The number of hydrogen-bond donors (Lipinski definition) is 1. The first-order valence-corrected chi connectivity index (χ1v) is 5.17. The molecule has 16 heavy (non-hydrogen) atoms. The van der Waals surface area contributed by atoms with Crippen molar-refractivity contribution in [3.05, 3.63) is 29.6 Å². The van der Waals surface area contributed by atoms with E-state index >= 15 is 0 Å². The lowest BCUT2D eigenvalue weighted by atomic mass is 10.1. The Bertz CT molecular complexity index is 363. The molecule has 0 aliphatic heterocycles. The predicted octanol–water partition coefficient (Wildman–Crippen LogP) is 2.63. The van der Waals surface area contributed by atoms with Gasteiger partial charge in [-0.25, -0.2) is 4.39 Å². The molecule has 0 amide bonds. The number of aryl methyl sites for hydroxylation is 1. The van der Waals surface area contributed by atoms with Gasteiger partial charge >= 0.3 is 5.97 Å². The van der Waals surface area contributed by atoms with Gasteiger partial charge in [-0.05, 0) is 30.9 Å². The number of halogens is 1. The summed E-state index contributed by atoms with van der Waals surface area (Å²) in [5.41, 5.74) is 0.603. The molecular formula is C12H15FO3. The second-order valence-electron chi connectivity index (χ2n) is 3.56. The summed E-state index contributed by atoms with van der Waals surface area (Å²) >= 11 is 0. The third-order valence-electron chi connectivity index (χ3n) is 2.35. The van der Waals surface area contributed by atoms with Crippen molar-refractivity contribution in [2.75, 3.05) is 7.11 Å². The van der Waals surface area contributed by atoms with Crippen molar-refractivity contribution in [2.24, 2.45) is 0 Å². The summed E-state index contributed by atoms with van der Waals surface area (Å²) in [6.45, 7) is 0. The number of ether oxygens (including phenoxy) is 1. The highest BCUT2D eigenvalue weighted by Crippen LogP contribution is 2.18. The predicted molar refractivity (Wildman–Crippen MR) is 58.1 cm³/mol. The zero-order valence-corrected chi connectivity index (χ0v) is 9.20. The number of methoxy groups -OCH3 is 1. The van der Waals surface area contributed by atoms with E-state index in [0.29, 0.717) is 30.6 Å². The van der Waals surface area contributed by atoms with E-state index in [2.05, 4.69) is 0 Å². The minimum Gasteiger partial charge on any atom is -0.497 e. The van der Waals surface area contributed by atoms with E-state index in [1.165, 1.54) is 13.2 Å². The average molecular weight is 226 g/mol. The molecule has 1 aromatic carbocycles. The number of carboxylic acid groups (broad SMARTS) is 1. The summed E-state index contributed by atoms with van der Waals surface area (Å²) in [4.78, 5) is 10.3. The van der Waals surface area contributed by atoms with Crippen molar-refractivity contribution in [1.82, 2.24) is 0 Å². The van der Waals surface area contributed by atoms with Gasteiger partial charge in [-0.2, -0.15) is 0 Å². The second kappa shape index (κ2) is 6.10. The van der Waals surface area contributed by atoms with Crippen molar-refractivity contribution >= 4 is 5.97 Å². The fraction of sp³-hybridized carbons (Fsp3) is 0.417. The van der Waals surface area contributed by atoms with Crippen LogP contribution in [0.15, 0.2) is 18.2 Å². The van der Waals surface area contributed by atoms with E-state index in [4.69, 9.17) is 9.84 Å². The van der Waals surface area contributed by atoms with Gasteiger partial charge in [-0.3, -0.25) is 4.79 Å². The van der Waals surface area contributed by atoms with Crippen LogP contribution in [0.4, 0.5) is 4.39 Å². The lowest BCUT2D eigenvalue weighted by Gasteiger charge is -2.05. The van der Waals surface area contributed by atoms with Crippen LogP contribution < -0.4 is 4.74 Å². The highest BCUT2D eigenvalue weighted by molar-refractivity contribution is 5.66. The van der Waals surface area contributed by atoms with Crippen LogP contribution in [-0.4, -0.2) is 18.2 Å². The van der Waals surface area contributed by atoms with Crippen LogP contribution in [0.25, 0.3) is 0 Å². The first kappa shape index (κ1) is 12.5. The fourth-order valence-electron chi connectivity index (χ4n) is 1.45. The summed E-state index contributed by atoms with van der Waals surface area (Å²) in [6.07, 6.45) is 1.94. The van der Waals surface area contributed by atoms with Crippen molar-refractivity contribution in [3.63, 3.8) is 0 Å². The van der Waals surface area contributed by atoms with Crippen LogP contribution in [-0.2, 0) is 11.2 Å². The van der Waals surface area contributed by atoms with Crippen LogP contribution in [0.2, 0.25) is 0 Å². The molecule has 3 nitrogen and oxygen atoms in total. The Hall–Kier alpha value is -1.58. The van der Waals surface area contributed by atoms with E-state index in [0.717, 1.165) is 0 Å². The minimum absolute atomic E-state index is 0.137. The fourth-order valence-corrected chi connectivity index (χ4v) is 1.45. The van der Waals surface area contributed by atoms with E-state index in [9.17, 15) is 9.18 Å². The maximum Gasteiger partial charge on any atom is 0.303 e. The normalized spacial score (nSPS) is 10.1. The molecular weight excluding hydrogens is 211 g/mol. The Morgan fingerprint density at radius 3 is 2.75 bits per heavy atom. The van der Waals surface area contributed by atoms with Crippen LogP contribution in [0.1, 0.15) is 24.8 Å². The number of carboxylic acids is 1. The summed E-state index contributed by atoms with van der Waals surface area (Å²) in [5.74, 6) is -0.614. The molecule has 0 atom stereocenters. The third-order valence-corrected chi connectivity index (χ3v) is 2.35. The average Bonchev–Trinajstić information content (AvgIpc) is 2.25. The highest BCUT2D eigenvalue weighted by Gasteiger charge is 2.04. The van der Waals surface area contributed by atoms with Crippen molar-refractivity contribution < 1.29 is 19.0 Å². The molecule has 1 aromatic rings. The first-order chi connectivity index (χ1) is 7.63. The molecule has 1 rings (SSSR count). The molecule has 88 valence electrons. The topological polar surface area (TPSA) is 46.5 Å². The number of unbranched alkanes of at least 4 members (excludes halogenated alkanes) is 1. The maximum atomic E-state index is 13.4. The molecule has 0 spiro atoms. The molecule has 0 unspecified atom stereocenters. The minimum atomic E-state index is -0.810. The SMILES string of the molecule is COc1ccc(CCCCC(=O)O)c(F)c1. The Morgan fingerprint density at radius 1 is 1.44 bits per heavy atom. The Balaban J connectivity index is 2.45. The monoisotopic (exact) mass is 226 g/mol. The molecule has 0 aliphatic carbocycles. The van der Waals surface area contributed by atoms with Crippen LogP contribution in [0.3, 0.4) is 0 Å². The lowest BCUT2D eigenvalue weighted by Crippen LogP contribution is -1.96. The Kier molecular flexibility index (Phi) is 4.76. The van der Waals surface area contributed by atoms with Crippen LogP contribution in [0, 0.1) is 5.82 Å². The largest absolute Gasteiger partial charge is 0.497 e. The number of benzene rings is 1. The Morgan fingerprint density at radius 2 is 2.19 bits per heavy atom. The van der Waals surface area contributed by atoms with Gasteiger partial charge in [0.2, 0.25) is 0 Å². The smallest absolute Gasteiger partial charge is 0.303 e. The lowest BCUT2D eigenvalue weighted by molar-refractivity contribution is -0.137. The maximum absolute atomic E-state index is 13.4. The molecule has 0 saturated carbocycles. The highest BCUT2D eigenvalue weighted by atomic mass is 19.1. The van der Waals surface area contributed by atoms with Gasteiger partial charge in [0.25, 0.3) is 0 Å². The Labute approximate surface area is 93.9 Å². The van der Waals surface area contributed by atoms with Crippen LogP contribution in [0.5, 0.6) is 5.75 Å². The summed E-state index contributed by atoms with van der Waals surface area (Å²) in [5, 5.41) is 8.44. The van der Waals surface area contributed by atoms with Gasteiger partial charge in [-0.15, -0.1) is 0 Å². The summed E-state index contributed by atoms with van der Waals surface area (Å²) < 4.78 is 18.3. The third kappa shape index (κ3) is 3.88. The van der Waals surface area contributed by atoms with Crippen molar-refractivity contribution in [2.45, 2.75) is 25.7 Å². The quantitative estimate of drug-likeness (QED) is 0.758. The molecule has 1 N–H and O–H groups in total. The van der Waals surface area contributed by atoms with Gasteiger partial charge in [-0.1, -0.05) is 6.07 Å². The standard InChI is InChI=1S/C12H15FO3/c1-16-10-7-6-9(11(13)8-10)4-2-3-5-12(14)15/h6-8H,2-5H2,1H3,(H,14,15). The number of hydrogen-bond acceptors (Lipinski definition) is 2. The van der Waals surface area contributed by atoms with E-state index in [1.54, 1.807) is 12.1 Å². The molecule has 0 saturated heterocycles. The van der Waals surface area contributed by atoms with Crippen LogP contribution >= 0.6 is 0 Å². The number of carbonyl (C=O) groups is 1. The molecule has 4 heteroatoms. The van der Waals surface area contributed by atoms with E-state index in [1.807, 2.05) is 0 Å². The first-order valence-electron chi connectivity index (χ1n) is 5.17. The number of rotatable bonds is 6. The van der Waals surface area contributed by atoms with E-state index < -0.39 is 5.97 Å². The number of aliphatic carboxylic acids is 1. The zero-order chi connectivity index (χ0) is 12.0. The van der Waals surface area contributed by atoms with Gasteiger partial charge in [0.15, 0.2) is 0 Å². The van der Waals surface area contributed by atoms with Crippen molar-refractivity contribution in [1.29, 1.82) is 0 Å². The molecule has 0 heterocycles. The van der Waals surface area contributed by atoms with Gasteiger partial charge in [0.05, 0.1) is 7.11 Å². The van der Waals surface area contributed by atoms with Gasteiger partial charge in [0, 0.05) is 12.5 Å². The van der Waals surface area contributed by atoms with Gasteiger partial charge in [0.1, 0.15) is 11.6 Å². The summed E-state index contributed by atoms with van der Waals surface area (Å²) in [7, 11) is 1.49. The second-order valence-corrected chi connectivity index (χ2v) is 3.56. The van der Waals surface area contributed by atoms with E-state index in [-0.39, 0.29) is 12.2 Å². The van der Waals surface area contributed by atoms with Gasteiger partial charge < -0.3 is 9.84 Å². The molecule has 0 bridgehead atoms. The van der Waals surface area contributed by atoms with Crippen molar-refractivity contribution in [3.8, 4) is 5.75 Å². The zero-order valence-electron chi connectivity index (χ0n) is 9.20. The summed E-state index contributed by atoms with van der Waals surface area (Å²) in [6, 6.07) is 4.72. The molecule has 0 aromatic heterocycles. The molecule has 0 aliphatic rings. The molecule has 0 fully saturated rings.